The average Bonchev–Trinajstić information content (AvgIpc) is 2.38. The Balaban J connectivity index is 0.00000180. The molecule has 1 atom stereocenters. The molecule has 2 N–H and O–H groups in total. The molecule has 0 amide bonds. The summed E-state index contributed by atoms with van der Waals surface area (Å²) in [6.07, 6.45) is 1.58. The zero-order valence-corrected chi connectivity index (χ0v) is 13.8. The molecule has 0 aliphatic carbocycles. The molecule has 0 radical (unpaired) electrons. The standard InChI is InChI=1S/C13H10BrClN2O.BrH/c14-12(9-5-6-17-11(16)7-9)13(18)8-1-3-10(15)4-2-8;/h1-7,12H,(H2,16,17);1H. The number of halogens is 3. The van der Waals surface area contributed by atoms with Crippen molar-refractivity contribution in [2.45, 2.75) is 4.83 Å². The molecule has 100 valence electrons. The van der Waals surface area contributed by atoms with E-state index in [4.69, 9.17) is 17.3 Å². The van der Waals surface area contributed by atoms with Crippen molar-refractivity contribution in [2.24, 2.45) is 0 Å². The van der Waals surface area contributed by atoms with Crippen LogP contribution in [0.2, 0.25) is 5.02 Å². The van der Waals surface area contributed by atoms with E-state index in [1.54, 1.807) is 42.6 Å². The first-order chi connectivity index (χ1) is 8.58. The maximum absolute atomic E-state index is 12.2. The Morgan fingerprint density at radius 3 is 2.47 bits per heavy atom. The summed E-state index contributed by atoms with van der Waals surface area (Å²) in [7, 11) is 0. The lowest BCUT2D eigenvalue weighted by atomic mass is 10.0. The first kappa shape index (κ1) is 16.1. The minimum atomic E-state index is -0.441. The van der Waals surface area contributed by atoms with E-state index < -0.39 is 4.83 Å². The third-order valence-electron chi connectivity index (χ3n) is 2.46. The lowest BCUT2D eigenvalue weighted by molar-refractivity contribution is 0.0991. The Bertz CT molecular complexity index is 575. The van der Waals surface area contributed by atoms with E-state index in [2.05, 4.69) is 20.9 Å². The van der Waals surface area contributed by atoms with Gasteiger partial charge in [-0.25, -0.2) is 4.98 Å². The highest BCUT2D eigenvalue weighted by atomic mass is 79.9. The minimum Gasteiger partial charge on any atom is -0.384 e. The third-order valence-corrected chi connectivity index (χ3v) is 3.65. The van der Waals surface area contributed by atoms with E-state index >= 15 is 0 Å². The van der Waals surface area contributed by atoms with Crippen LogP contribution in [-0.4, -0.2) is 10.8 Å². The van der Waals surface area contributed by atoms with Gasteiger partial charge in [-0.1, -0.05) is 27.5 Å². The fraction of sp³-hybridized carbons (Fsp3) is 0.0769. The second kappa shape index (κ2) is 7.03. The van der Waals surface area contributed by atoms with Crippen molar-refractivity contribution >= 4 is 56.1 Å². The minimum absolute atomic E-state index is 0. The fourth-order valence-electron chi connectivity index (χ4n) is 1.54. The SMILES string of the molecule is Br.Nc1cc(C(Br)C(=O)c2ccc(Cl)cc2)ccn1. The van der Waals surface area contributed by atoms with E-state index in [1.807, 2.05) is 0 Å². The summed E-state index contributed by atoms with van der Waals surface area (Å²) in [4.78, 5) is 15.7. The molecule has 0 aliphatic rings. The topological polar surface area (TPSA) is 56.0 Å². The Morgan fingerprint density at radius 1 is 1.26 bits per heavy atom. The van der Waals surface area contributed by atoms with Crippen molar-refractivity contribution < 1.29 is 4.79 Å². The lowest BCUT2D eigenvalue weighted by Crippen LogP contribution is -2.07. The van der Waals surface area contributed by atoms with Crippen LogP contribution in [0.5, 0.6) is 0 Å². The van der Waals surface area contributed by atoms with Gasteiger partial charge in [0.15, 0.2) is 5.78 Å². The molecule has 1 heterocycles. The van der Waals surface area contributed by atoms with Crippen LogP contribution in [0.4, 0.5) is 5.82 Å². The van der Waals surface area contributed by atoms with Crippen LogP contribution in [-0.2, 0) is 0 Å². The molecule has 6 heteroatoms. The molecule has 2 aromatic rings. The molecule has 1 aromatic heterocycles. The third kappa shape index (κ3) is 4.03. The van der Waals surface area contributed by atoms with Crippen molar-refractivity contribution in [1.29, 1.82) is 0 Å². The van der Waals surface area contributed by atoms with Gasteiger partial charge in [-0.2, -0.15) is 0 Å². The number of rotatable bonds is 3. The van der Waals surface area contributed by atoms with Crippen LogP contribution in [0.25, 0.3) is 0 Å². The highest BCUT2D eigenvalue weighted by molar-refractivity contribution is 9.09. The molecule has 19 heavy (non-hydrogen) atoms. The highest BCUT2D eigenvalue weighted by Crippen LogP contribution is 2.28. The molecular formula is C13H11Br2ClN2O. The van der Waals surface area contributed by atoms with Gasteiger partial charge >= 0.3 is 0 Å². The van der Waals surface area contributed by atoms with E-state index in [-0.39, 0.29) is 22.8 Å². The molecule has 0 saturated heterocycles. The number of nitrogen functional groups attached to an aromatic ring is 1. The monoisotopic (exact) mass is 404 g/mol. The largest absolute Gasteiger partial charge is 0.384 e. The number of carbonyl (C=O) groups is 1. The molecule has 0 aliphatic heterocycles. The summed E-state index contributed by atoms with van der Waals surface area (Å²) >= 11 is 9.16. The number of nitrogens with two attached hydrogens (primary N) is 1. The second-order valence-electron chi connectivity index (χ2n) is 3.75. The van der Waals surface area contributed by atoms with Crippen molar-refractivity contribution in [3.8, 4) is 0 Å². The molecule has 1 unspecified atom stereocenters. The van der Waals surface area contributed by atoms with E-state index in [1.165, 1.54) is 0 Å². The van der Waals surface area contributed by atoms with Crippen molar-refractivity contribution in [3.05, 3.63) is 58.7 Å². The number of carbonyl (C=O) groups excluding carboxylic acids is 1. The van der Waals surface area contributed by atoms with E-state index in [0.29, 0.717) is 16.4 Å². The quantitative estimate of drug-likeness (QED) is 0.614. The van der Waals surface area contributed by atoms with Gasteiger partial charge < -0.3 is 5.73 Å². The van der Waals surface area contributed by atoms with Crippen LogP contribution in [0.15, 0.2) is 42.6 Å². The number of alkyl halides is 1. The summed E-state index contributed by atoms with van der Waals surface area (Å²) in [5.74, 6) is 0.345. The molecular weight excluding hydrogens is 395 g/mol. The van der Waals surface area contributed by atoms with Crippen LogP contribution in [0.1, 0.15) is 20.7 Å². The number of pyridine rings is 1. The van der Waals surface area contributed by atoms with Crippen molar-refractivity contribution in [2.75, 3.05) is 5.73 Å². The van der Waals surface area contributed by atoms with Gasteiger partial charge in [0, 0.05) is 16.8 Å². The normalized spacial score (nSPS) is 11.5. The Kier molecular flexibility index (Phi) is 5.97. The molecule has 0 bridgehead atoms. The van der Waals surface area contributed by atoms with Crippen molar-refractivity contribution in [3.63, 3.8) is 0 Å². The van der Waals surface area contributed by atoms with Gasteiger partial charge in [0.25, 0.3) is 0 Å². The van der Waals surface area contributed by atoms with Gasteiger partial charge in [0.2, 0.25) is 0 Å². The smallest absolute Gasteiger partial charge is 0.180 e. The number of ketones is 1. The summed E-state index contributed by atoms with van der Waals surface area (Å²) in [5, 5.41) is 0.603. The van der Waals surface area contributed by atoms with E-state index in [0.717, 1.165) is 5.56 Å². The molecule has 0 fully saturated rings. The zero-order valence-electron chi connectivity index (χ0n) is 9.72. The van der Waals surface area contributed by atoms with Gasteiger partial charge in [-0.15, -0.1) is 17.0 Å². The summed E-state index contributed by atoms with van der Waals surface area (Å²) in [6, 6.07) is 10.2. The summed E-state index contributed by atoms with van der Waals surface area (Å²) in [5.41, 5.74) is 6.97. The zero-order chi connectivity index (χ0) is 13.1. The Hall–Kier alpha value is -0.910. The van der Waals surface area contributed by atoms with Gasteiger partial charge in [0.1, 0.15) is 10.6 Å². The highest BCUT2D eigenvalue weighted by Gasteiger charge is 2.19. The van der Waals surface area contributed by atoms with Crippen LogP contribution in [0.3, 0.4) is 0 Å². The van der Waals surface area contributed by atoms with Gasteiger partial charge in [0.05, 0.1) is 0 Å². The number of hydrogen-bond donors (Lipinski definition) is 1. The maximum Gasteiger partial charge on any atom is 0.180 e. The first-order valence-electron chi connectivity index (χ1n) is 5.23. The second-order valence-corrected chi connectivity index (χ2v) is 5.10. The van der Waals surface area contributed by atoms with Gasteiger partial charge in [-0.05, 0) is 42.0 Å². The molecule has 0 saturated carbocycles. The van der Waals surface area contributed by atoms with Crippen LogP contribution in [0, 0.1) is 0 Å². The fourth-order valence-corrected chi connectivity index (χ4v) is 2.21. The molecule has 3 nitrogen and oxygen atoms in total. The molecule has 2 rings (SSSR count). The number of anilines is 1. The van der Waals surface area contributed by atoms with E-state index in [9.17, 15) is 4.79 Å². The Morgan fingerprint density at radius 2 is 1.89 bits per heavy atom. The number of hydrogen-bond acceptors (Lipinski definition) is 3. The predicted octanol–water partition coefficient (Wildman–Crippen LogP) is 4.21. The van der Waals surface area contributed by atoms with Crippen LogP contribution >= 0.6 is 44.5 Å². The average molecular weight is 407 g/mol. The first-order valence-corrected chi connectivity index (χ1v) is 6.52. The van der Waals surface area contributed by atoms with Gasteiger partial charge in [-0.3, -0.25) is 4.79 Å². The van der Waals surface area contributed by atoms with Crippen molar-refractivity contribution in [1.82, 2.24) is 4.98 Å². The summed E-state index contributed by atoms with van der Waals surface area (Å²) in [6.45, 7) is 0. The lowest BCUT2D eigenvalue weighted by Gasteiger charge is -2.09. The van der Waals surface area contributed by atoms with Crippen LogP contribution < -0.4 is 5.73 Å². The number of benzene rings is 1. The molecule has 0 spiro atoms. The predicted molar refractivity (Wildman–Crippen MR) is 86.4 cm³/mol. The number of aromatic nitrogens is 1. The Labute approximate surface area is 135 Å². The molecule has 1 aromatic carbocycles. The maximum atomic E-state index is 12.2. The summed E-state index contributed by atoms with van der Waals surface area (Å²) < 4.78 is 0. The number of Topliss-reactive ketones (excluding diaryl/α,β-unsaturated/α-hetero) is 1. The number of nitrogens with zero attached hydrogens (tertiary/aromatic N) is 1.